The van der Waals surface area contributed by atoms with Crippen LogP contribution in [0.25, 0.3) is 0 Å². The van der Waals surface area contributed by atoms with Gasteiger partial charge in [-0.25, -0.2) is 0 Å². The van der Waals surface area contributed by atoms with Crippen molar-refractivity contribution in [1.82, 2.24) is 0 Å². The predicted octanol–water partition coefficient (Wildman–Crippen LogP) is 1.53. The van der Waals surface area contributed by atoms with Gasteiger partial charge in [-0.1, -0.05) is 13.3 Å². The lowest BCUT2D eigenvalue weighted by atomic mass is 9.70. The molecule has 0 saturated carbocycles. The summed E-state index contributed by atoms with van der Waals surface area (Å²) in [6, 6.07) is 3.15. The number of Topliss-reactive ketones (excluding diaryl/α,β-unsaturated/α-hetero) is 1. The second-order valence-electron chi connectivity index (χ2n) is 5.56. The van der Waals surface area contributed by atoms with E-state index in [-0.39, 0.29) is 30.0 Å². The summed E-state index contributed by atoms with van der Waals surface area (Å²) in [7, 11) is 1.49. The minimum absolute atomic E-state index is 0.0765. The van der Waals surface area contributed by atoms with Gasteiger partial charge >= 0.3 is 0 Å². The van der Waals surface area contributed by atoms with E-state index in [0.29, 0.717) is 29.7 Å². The molecule has 2 unspecified atom stereocenters. The van der Waals surface area contributed by atoms with Crippen molar-refractivity contribution in [2.45, 2.75) is 32.3 Å². The van der Waals surface area contributed by atoms with Gasteiger partial charge in [-0.15, -0.1) is 0 Å². The Bertz CT molecular complexity index is 526. The van der Waals surface area contributed by atoms with Crippen LogP contribution in [0.2, 0.25) is 0 Å². The molecule has 116 valence electrons. The normalized spacial score (nSPS) is 22.8. The van der Waals surface area contributed by atoms with Crippen molar-refractivity contribution in [1.29, 1.82) is 0 Å². The number of ether oxygens (including phenoxy) is 1. The zero-order valence-corrected chi connectivity index (χ0v) is 12.4. The standard InChI is InChI=1S/C16H22O5/c1-3-4-11-12(14(19)8-17)6-9-5-10(21-2)7-13(18)15(9)16(11)20/h5,7,11-12,14,17-19H,3-4,6,8H2,1-2H3/t11-,12?,14?/m0/s1. The van der Waals surface area contributed by atoms with Crippen LogP contribution in [-0.2, 0) is 6.42 Å². The van der Waals surface area contributed by atoms with Gasteiger partial charge < -0.3 is 20.1 Å². The van der Waals surface area contributed by atoms with Crippen molar-refractivity contribution >= 4 is 5.78 Å². The Morgan fingerprint density at radius 1 is 1.43 bits per heavy atom. The molecule has 3 atom stereocenters. The minimum atomic E-state index is -0.938. The fourth-order valence-corrected chi connectivity index (χ4v) is 3.19. The van der Waals surface area contributed by atoms with Crippen molar-refractivity contribution in [2.75, 3.05) is 13.7 Å². The lowest BCUT2D eigenvalue weighted by Gasteiger charge is -2.34. The van der Waals surface area contributed by atoms with Gasteiger partial charge in [-0.2, -0.15) is 0 Å². The van der Waals surface area contributed by atoms with Crippen LogP contribution in [0, 0.1) is 11.8 Å². The molecular formula is C16H22O5. The minimum Gasteiger partial charge on any atom is -0.507 e. The van der Waals surface area contributed by atoms with Gasteiger partial charge in [0, 0.05) is 17.9 Å². The molecule has 1 aromatic carbocycles. The molecule has 1 aliphatic carbocycles. The molecule has 0 amide bonds. The smallest absolute Gasteiger partial charge is 0.170 e. The summed E-state index contributed by atoms with van der Waals surface area (Å²) < 4.78 is 5.11. The van der Waals surface area contributed by atoms with Crippen LogP contribution in [-0.4, -0.2) is 40.9 Å². The molecule has 0 aromatic heterocycles. The quantitative estimate of drug-likeness (QED) is 0.766. The van der Waals surface area contributed by atoms with Crippen molar-refractivity contribution in [3.63, 3.8) is 0 Å². The van der Waals surface area contributed by atoms with Gasteiger partial charge in [-0.05, 0) is 24.5 Å². The predicted molar refractivity (Wildman–Crippen MR) is 77.7 cm³/mol. The first-order chi connectivity index (χ1) is 10.0. The molecule has 5 nitrogen and oxygen atoms in total. The summed E-state index contributed by atoms with van der Waals surface area (Å²) in [5, 5.41) is 29.3. The molecule has 0 aliphatic heterocycles. The number of phenolic OH excluding ortho intramolecular Hbond substituents is 1. The fourth-order valence-electron chi connectivity index (χ4n) is 3.19. The molecule has 0 saturated heterocycles. The van der Waals surface area contributed by atoms with Crippen LogP contribution in [0.3, 0.4) is 0 Å². The van der Waals surface area contributed by atoms with E-state index < -0.39 is 6.10 Å². The van der Waals surface area contributed by atoms with Crippen LogP contribution >= 0.6 is 0 Å². The molecule has 1 aliphatic rings. The molecule has 5 heteroatoms. The van der Waals surface area contributed by atoms with E-state index in [2.05, 4.69) is 0 Å². The molecule has 0 bridgehead atoms. The molecular weight excluding hydrogens is 272 g/mol. The molecule has 21 heavy (non-hydrogen) atoms. The van der Waals surface area contributed by atoms with E-state index in [1.165, 1.54) is 13.2 Å². The number of carbonyl (C=O) groups is 1. The lowest BCUT2D eigenvalue weighted by molar-refractivity contribution is 0.0179. The van der Waals surface area contributed by atoms with Crippen LogP contribution in [0.1, 0.15) is 35.7 Å². The van der Waals surface area contributed by atoms with Crippen LogP contribution in [0.5, 0.6) is 11.5 Å². The Kier molecular flexibility index (Phi) is 4.85. The molecule has 0 fully saturated rings. The van der Waals surface area contributed by atoms with Gasteiger partial charge in [0.15, 0.2) is 5.78 Å². The van der Waals surface area contributed by atoms with Crippen molar-refractivity contribution < 1.29 is 24.9 Å². The monoisotopic (exact) mass is 294 g/mol. The van der Waals surface area contributed by atoms with E-state index in [4.69, 9.17) is 4.74 Å². The Labute approximate surface area is 124 Å². The number of hydrogen-bond donors (Lipinski definition) is 3. The van der Waals surface area contributed by atoms with Crippen LogP contribution < -0.4 is 4.74 Å². The summed E-state index contributed by atoms with van der Waals surface area (Å²) in [5.74, 6) is -0.459. The molecule has 2 rings (SSSR count). The number of methoxy groups -OCH3 is 1. The van der Waals surface area contributed by atoms with Gasteiger partial charge in [0.2, 0.25) is 0 Å². The maximum absolute atomic E-state index is 12.7. The Hall–Kier alpha value is -1.59. The van der Waals surface area contributed by atoms with E-state index in [1.807, 2.05) is 6.92 Å². The number of benzene rings is 1. The highest BCUT2D eigenvalue weighted by Gasteiger charge is 2.40. The Balaban J connectivity index is 2.47. The summed E-state index contributed by atoms with van der Waals surface area (Å²) in [4.78, 5) is 12.7. The Morgan fingerprint density at radius 3 is 2.71 bits per heavy atom. The van der Waals surface area contributed by atoms with E-state index in [0.717, 1.165) is 6.42 Å². The SMILES string of the molecule is CCC[C@@H]1C(=O)c2c(O)cc(OC)cc2CC1C(O)CO. The van der Waals surface area contributed by atoms with Gasteiger partial charge in [0.25, 0.3) is 0 Å². The fraction of sp³-hybridized carbons (Fsp3) is 0.562. The number of aliphatic hydroxyl groups excluding tert-OH is 2. The van der Waals surface area contributed by atoms with Crippen LogP contribution in [0.15, 0.2) is 12.1 Å². The third kappa shape index (κ3) is 2.89. The van der Waals surface area contributed by atoms with Crippen molar-refractivity contribution in [2.24, 2.45) is 11.8 Å². The average molecular weight is 294 g/mol. The van der Waals surface area contributed by atoms with Crippen LogP contribution in [0.4, 0.5) is 0 Å². The van der Waals surface area contributed by atoms with Crippen molar-refractivity contribution in [3.8, 4) is 11.5 Å². The summed E-state index contributed by atoms with van der Waals surface area (Å²) in [5.41, 5.74) is 0.998. The van der Waals surface area contributed by atoms with Crippen molar-refractivity contribution in [3.05, 3.63) is 23.3 Å². The molecule has 3 N–H and O–H groups in total. The first-order valence-corrected chi connectivity index (χ1v) is 7.26. The third-order valence-electron chi connectivity index (χ3n) is 4.24. The highest BCUT2D eigenvalue weighted by Crippen LogP contribution is 2.40. The summed E-state index contributed by atoms with van der Waals surface area (Å²) in [6.07, 6.45) is 0.938. The average Bonchev–Trinajstić information content (AvgIpc) is 2.48. The first-order valence-electron chi connectivity index (χ1n) is 7.26. The number of hydrogen-bond acceptors (Lipinski definition) is 5. The number of carbonyl (C=O) groups excluding carboxylic acids is 1. The molecule has 0 radical (unpaired) electrons. The lowest BCUT2D eigenvalue weighted by Crippen LogP contribution is -2.40. The maximum atomic E-state index is 12.7. The second kappa shape index (κ2) is 6.45. The topological polar surface area (TPSA) is 87.0 Å². The highest BCUT2D eigenvalue weighted by atomic mass is 16.5. The highest BCUT2D eigenvalue weighted by molar-refractivity contribution is 6.03. The van der Waals surface area contributed by atoms with E-state index in [9.17, 15) is 20.1 Å². The number of ketones is 1. The zero-order chi connectivity index (χ0) is 15.6. The summed E-state index contributed by atoms with van der Waals surface area (Å²) >= 11 is 0. The molecule has 0 heterocycles. The zero-order valence-electron chi connectivity index (χ0n) is 12.4. The number of fused-ring (bicyclic) bond motifs is 1. The first kappa shape index (κ1) is 15.8. The third-order valence-corrected chi connectivity index (χ3v) is 4.24. The second-order valence-corrected chi connectivity index (χ2v) is 5.56. The largest absolute Gasteiger partial charge is 0.507 e. The van der Waals surface area contributed by atoms with Gasteiger partial charge in [-0.3, -0.25) is 4.79 Å². The molecule has 0 spiro atoms. The number of phenols is 1. The van der Waals surface area contributed by atoms with Gasteiger partial charge in [0.05, 0.1) is 25.4 Å². The van der Waals surface area contributed by atoms with E-state index >= 15 is 0 Å². The maximum Gasteiger partial charge on any atom is 0.170 e. The van der Waals surface area contributed by atoms with Gasteiger partial charge in [0.1, 0.15) is 11.5 Å². The number of aromatic hydroxyl groups is 1. The number of rotatable bonds is 5. The Morgan fingerprint density at radius 2 is 2.14 bits per heavy atom. The van der Waals surface area contributed by atoms with E-state index in [1.54, 1.807) is 6.07 Å². The molecule has 1 aromatic rings. The summed E-state index contributed by atoms with van der Waals surface area (Å²) in [6.45, 7) is 1.60. The number of aliphatic hydroxyl groups is 2.